The number of aliphatic carboxylic acids is 1. The largest absolute Gasteiger partial charge is 0.508 e. The summed E-state index contributed by atoms with van der Waals surface area (Å²) in [6.07, 6.45) is 5.22. The van der Waals surface area contributed by atoms with Crippen LogP contribution < -0.4 is 0 Å². The fourth-order valence-electron chi connectivity index (χ4n) is 5.07. The number of nitrogens with zero attached hydrogens (tertiary/aromatic N) is 2. The van der Waals surface area contributed by atoms with E-state index in [9.17, 15) is 30.0 Å². The monoisotopic (exact) mass is 434 g/mol. The number of rotatable bonds is 7. The number of carbonyl (C=O) groups is 2. The van der Waals surface area contributed by atoms with Gasteiger partial charge in [0, 0.05) is 31.2 Å². The van der Waals surface area contributed by atoms with Crippen LogP contribution in [0.5, 0.6) is 11.5 Å². The number of phenols is 2. The molecule has 1 atom stereocenters. The smallest absolute Gasteiger partial charge is 0.323 e. The fourth-order valence-corrected chi connectivity index (χ4v) is 5.07. The summed E-state index contributed by atoms with van der Waals surface area (Å²) in [5.41, 5.74) is 0.780. The maximum absolute atomic E-state index is 13.1. The van der Waals surface area contributed by atoms with E-state index >= 15 is 0 Å². The van der Waals surface area contributed by atoms with E-state index in [1.165, 1.54) is 6.07 Å². The molecular formula is C23H34N2O6. The highest BCUT2D eigenvalue weighted by molar-refractivity contribution is 5.97. The molecule has 4 N–H and O–H groups in total. The molecule has 1 amide bonds. The molecule has 0 aromatic heterocycles. The van der Waals surface area contributed by atoms with Gasteiger partial charge in [0.15, 0.2) is 0 Å². The highest BCUT2D eigenvalue weighted by Gasteiger charge is 2.39. The Morgan fingerprint density at radius 3 is 2.13 bits per heavy atom. The Hall–Kier alpha value is -2.32. The Labute approximate surface area is 183 Å². The van der Waals surface area contributed by atoms with E-state index in [1.807, 2.05) is 18.7 Å². The van der Waals surface area contributed by atoms with Crippen molar-refractivity contribution in [2.24, 2.45) is 0 Å². The lowest BCUT2D eigenvalue weighted by atomic mass is 9.95. The lowest BCUT2D eigenvalue weighted by molar-refractivity contribution is -0.148. The number of aliphatic hydroxyl groups excluding tert-OH is 1. The summed E-state index contributed by atoms with van der Waals surface area (Å²) in [4.78, 5) is 28.5. The topological polar surface area (TPSA) is 122 Å². The average Bonchev–Trinajstić information content (AvgIpc) is 3.25. The van der Waals surface area contributed by atoms with Crippen LogP contribution in [0.4, 0.5) is 0 Å². The molecule has 1 saturated carbocycles. The lowest BCUT2D eigenvalue weighted by Crippen LogP contribution is -2.56. The van der Waals surface area contributed by atoms with Crippen LogP contribution in [-0.2, 0) is 4.79 Å². The average molecular weight is 435 g/mol. The van der Waals surface area contributed by atoms with Crippen molar-refractivity contribution >= 4 is 11.9 Å². The molecule has 1 aliphatic heterocycles. The van der Waals surface area contributed by atoms with Crippen molar-refractivity contribution in [3.63, 3.8) is 0 Å². The van der Waals surface area contributed by atoms with Gasteiger partial charge in [-0.2, -0.15) is 0 Å². The fraction of sp³-hybridized carbons (Fsp3) is 0.652. The van der Waals surface area contributed by atoms with Gasteiger partial charge in [-0.3, -0.25) is 14.5 Å². The molecule has 1 aromatic rings. The summed E-state index contributed by atoms with van der Waals surface area (Å²) in [6.45, 7) is 4.28. The lowest BCUT2D eigenvalue weighted by Gasteiger charge is -2.43. The number of phenolic OH excluding ortho intramolecular Hbond substituents is 2. The number of amides is 1. The predicted molar refractivity (Wildman–Crippen MR) is 115 cm³/mol. The van der Waals surface area contributed by atoms with Crippen molar-refractivity contribution in [3.8, 4) is 11.5 Å². The molecule has 2 aliphatic rings. The first-order valence-corrected chi connectivity index (χ1v) is 11.2. The highest BCUT2D eigenvalue weighted by Crippen LogP contribution is 2.34. The number of carboxylic acid groups (broad SMARTS) is 1. The number of aromatic hydroxyl groups is 2. The van der Waals surface area contributed by atoms with Crippen LogP contribution in [0.25, 0.3) is 0 Å². The number of piperidine rings is 1. The van der Waals surface area contributed by atoms with Gasteiger partial charge in [-0.1, -0.05) is 26.7 Å². The molecule has 1 unspecified atom stereocenters. The van der Waals surface area contributed by atoms with E-state index in [-0.39, 0.29) is 41.0 Å². The minimum Gasteiger partial charge on any atom is -0.508 e. The Kier molecular flexibility index (Phi) is 7.43. The summed E-state index contributed by atoms with van der Waals surface area (Å²) in [7, 11) is 0. The van der Waals surface area contributed by atoms with Crippen LogP contribution in [0.1, 0.15) is 74.2 Å². The van der Waals surface area contributed by atoms with Gasteiger partial charge >= 0.3 is 5.97 Å². The number of carbonyl (C=O) groups excluding carboxylic acids is 1. The van der Waals surface area contributed by atoms with Crippen molar-refractivity contribution < 1.29 is 30.0 Å². The minimum absolute atomic E-state index is 0.00397. The molecule has 3 rings (SSSR count). The molecule has 0 bridgehead atoms. The number of hydrogen-bond acceptors (Lipinski definition) is 6. The summed E-state index contributed by atoms with van der Waals surface area (Å²) >= 11 is 0. The van der Waals surface area contributed by atoms with E-state index in [0.29, 0.717) is 31.5 Å². The summed E-state index contributed by atoms with van der Waals surface area (Å²) in [5.74, 6) is -1.57. The summed E-state index contributed by atoms with van der Waals surface area (Å²) < 4.78 is 0. The molecule has 2 fully saturated rings. The minimum atomic E-state index is -1.01. The van der Waals surface area contributed by atoms with Gasteiger partial charge in [0.1, 0.15) is 17.5 Å². The van der Waals surface area contributed by atoms with Crippen LogP contribution in [0, 0.1) is 0 Å². The summed E-state index contributed by atoms with van der Waals surface area (Å²) in [5, 5.41) is 39.6. The second-order valence-electron chi connectivity index (χ2n) is 9.03. The van der Waals surface area contributed by atoms with E-state index < -0.39 is 18.6 Å². The number of likely N-dealkylation sites (tertiary alicyclic amines) is 1. The van der Waals surface area contributed by atoms with Gasteiger partial charge in [-0.05, 0) is 43.2 Å². The van der Waals surface area contributed by atoms with Gasteiger partial charge in [0.2, 0.25) is 0 Å². The first kappa shape index (κ1) is 23.3. The van der Waals surface area contributed by atoms with Gasteiger partial charge in [-0.15, -0.1) is 0 Å². The van der Waals surface area contributed by atoms with Crippen molar-refractivity contribution in [1.29, 1.82) is 0 Å². The van der Waals surface area contributed by atoms with Crippen LogP contribution in [0.15, 0.2) is 12.1 Å². The van der Waals surface area contributed by atoms with Crippen LogP contribution in [-0.4, -0.2) is 79.9 Å². The van der Waals surface area contributed by atoms with Gasteiger partial charge in [-0.25, -0.2) is 0 Å². The molecule has 0 radical (unpaired) electrons. The molecule has 31 heavy (non-hydrogen) atoms. The molecule has 1 saturated heterocycles. The SMILES string of the molecule is CC(C)c1cc(C(=O)N2CCC(N(C3CCCC3)C(CO)C(=O)O)CC2)c(O)cc1O. The first-order valence-electron chi connectivity index (χ1n) is 11.2. The van der Waals surface area contributed by atoms with Gasteiger partial charge < -0.3 is 25.3 Å². The Morgan fingerprint density at radius 2 is 1.61 bits per heavy atom. The quantitative estimate of drug-likeness (QED) is 0.520. The first-order chi connectivity index (χ1) is 14.7. The molecule has 1 aromatic carbocycles. The number of benzene rings is 1. The van der Waals surface area contributed by atoms with E-state index in [0.717, 1.165) is 25.7 Å². The second-order valence-corrected chi connectivity index (χ2v) is 9.03. The van der Waals surface area contributed by atoms with E-state index in [1.54, 1.807) is 11.0 Å². The van der Waals surface area contributed by atoms with Crippen molar-refractivity contribution in [1.82, 2.24) is 9.80 Å². The zero-order valence-electron chi connectivity index (χ0n) is 18.3. The zero-order chi connectivity index (χ0) is 22.7. The zero-order valence-corrected chi connectivity index (χ0v) is 18.3. The Bertz CT molecular complexity index is 798. The third kappa shape index (κ3) is 4.96. The maximum atomic E-state index is 13.1. The third-order valence-electron chi connectivity index (χ3n) is 6.73. The molecule has 0 spiro atoms. The predicted octanol–water partition coefficient (Wildman–Crippen LogP) is 2.52. The maximum Gasteiger partial charge on any atom is 0.323 e. The Balaban J connectivity index is 1.74. The third-order valence-corrected chi connectivity index (χ3v) is 6.73. The number of carboxylic acids is 1. The normalized spacial score (nSPS) is 19.3. The summed E-state index contributed by atoms with van der Waals surface area (Å²) in [6, 6.07) is 1.98. The highest BCUT2D eigenvalue weighted by atomic mass is 16.4. The van der Waals surface area contributed by atoms with Crippen LogP contribution in [0.3, 0.4) is 0 Å². The molecule has 8 heteroatoms. The molecule has 8 nitrogen and oxygen atoms in total. The van der Waals surface area contributed by atoms with Gasteiger partial charge in [0.25, 0.3) is 5.91 Å². The Morgan fingerprint density at radius 1 is 1.03 bits per heavy atom. The van der Waals surface area contributed by atoms with Crippen LogP contribution >= 0.6 is 0 Å². The molecule has 1 aliphatic carbocycles. The van der Waals surface area contributed by atoms with Crippen molar-refractivity contribution in [3.05, 3.63) is 23.3 Å². The second kappa shape index (κ2) is 9.87. The number of aliphatic hydroxyl groups is 1. The molecule has 1 heterocycles. The van der Waals surface area contributed by atoms with E-state index in [4.69, 9.17) is 0 Å². The molecule has 172 valence electrons. The van der Waals surface area contributed by atoms with Crippen LogP contribution in [0.2, 0.25) is 0 Å². The van der Waals surface area contributed by atoms with Gasteiger partial charge in [0.05, 0.1) is 12.2 Å². The van der Waals surface area contributed by atoms with Crippen molar-refractivity contribution in [2.75, 3.05) is 19.7 Å². The standard InChI is InChI=1S/C23H34N2O6/c1-14(2)17-11-18(21(28)12-20(17)27)22(29)24-9-7-16(8-10-24)25(15-5-3-4-6-15)19(13-26)23(30)31/h11-12,14-16,19,26-28H,3-10,13H2,1-2H3,(H,30,31). The molecular weight excluding hydrogens is 400 g/mol. The van der Waals surface area contributed by atoms with E-state index in [2.05, 4.69) is 0 Å². The van der Waals surface area contributed by atoms with Crippen molar-refractivity contribution in [2.45, 2.75) is 76.4 Å². The number of hydrogen-bond donors (Lipinski definition) is 4.